The van der Waals surface area contributed by atoms with Gasteiger partial charge in [0, 0.05) is 55.7 Å². The second kappa shape index (κ2) is 8.27. The molecule has 0 spiro atoms. The average Bonchev–Trinajstić information content (AvgIpc) is 3.48. The summed E-state index contributed by atoms with van der Waals surface area (Å²) in [6, 6.07) is 9.80. The van der Waals surface area contributed by atoms with Gasteiger partial charge in [0.15, 0.2) is 0 Å². The lowest BCUT2D eigenvalue weighted by molar-refractivity contribution is 0.102. The molecule has 1 amide bonds. The fourth-order valence-electron chi connectivity index (χ4n) is 4.43. The third-order valence-corrected chi connectivity index (χ3v) is 6.38. The quantitative estimate of drug-likeness (QED) is 0.435. The number of piperazine rings is 1. The molecule has 0 aliphatic carbocycles. The molecule has 0 saturated carbocycles. The monoisotopic (exact) mass is 452 g/mol. The molecule has 170 valence electrons. The highest BCUT2D eigenvalue weighted by Gasteiger charge is 2.18. The van der Waals surface area contributed by atoms with Gasteiger partial charge in [0.2, 0.25) is 0 Å². The highest BCUT2D eigenvalue weighted by Crippen LogP contribution is 2.32. The van der Waals surface area contributed by atoms with E-state index in [1.165, 1.54) is 0 Å². The normalized spacial score (nSPS) is 14.7. The molecule has 0 unspecified atom stereocenters. The summed E-state index contributed by atoms with van der Waals surface area (Å²) >= 11 is 0. The maximum atomic E-state index is 12.9. The third kappa shape index (κ3) is 3.65. The van der Waals surface area contributed by atoms with Crippen LogP contribution in [0.5, 0.6) is 0 Å². The molecule has 9 heteroatoms. The topological polar surface area (TPSA) is 94.5 Å². The molecular weight excluding hydrogens is 428 g/mol. The molecule has 5 aromatic heterocycles. The molecule has 6 heterocycles. The number of likely N-dealkylation sites (N-methyl/N-ethyl adjacent to an activating group) is 1. The number of anilines is 2. The molecule has 6 rings (SSSR count). The van der Waals surface area contributed by atoms with Crippen molar-refractivity contribution in [1.29, 1.82) is 0 Å². The van der Waals surface area contributed by atoms with Gasteiger partial charge in [-0.15, -0.1) is 0 Å². The van der Waals surface area contributed by atoms with E-state index in [1.807, 2.05) is 30.7 Å². The van der Waals surface area contributed by atoms with E-state index in [1.54, 1.807) is 35.2 Å². The first-order valence-electron chi connectivity index (χ1n) is 11.3. The number of aromatic amines is 1. The van der Waals surface area contributed by atoms with E-state index in [0.717, 1.165) is 59.5 Å². The molecule has 1 aliphatic heterocycles. The molecule has 0 bridgehead atoms. The lowest BCUT2D eigenvalue weighted by Crippen LogP contribution is -2.44. The molecule has 1 saturated heterocycles. The van der Waals surface area contributed by atoms with Crippen molar-refractivity contribution in [3.63, 3.8) is 0 Å². The molecule has 9 nitrogen and oxygen atoms in total. The number of amides is 1. The Labute approximate surface area is 196 Å². The number of carbonyl (C=O) groups is 1. The average molecular weight is 453 g/mol. The Morgan fingerprint density at radius 2 is 1.97 bits per heavy atom. The van der Waals surface area contributed by atoms with Gasteiger partial charge in [-0.3, -0.25) is 9.78 Å². The van der Waals surface area contributed by atoms with Gasteiger partial charge in [-0.2, -0.15) is 5.10 Å². The van der Waals surface area contributed by atoms with Crippen molar-refractivity contribution in [2.45, 2.75) is 0 Å². The Bertz CT molecular complexity index is 1480. The number of nitrogens with zero attached hydrogens (tertiary/aromatic N) is 6. The van der Waals surface area contributed by atoms with Gasteiger partial charge in [0.25, 0.3) is 5.91 Å². The second-order valence-corrected chi connectivity index (χ2v) is 8.58. The Hall–Kier alpha value is -4.24. The summed E-state index contributed by atoms with van der Waals surface area (Å²) in [7, 11) is 2.15. The van der Waals surface area contributed by atoms with E-state index in [0.29, 0.717) is 11.3 Å². The van der Waals surface area contributed by atoms with E-state index >= 15 is 0 Å². The third-order valence-electron chi connectivity index (χ3n) is 6.38. The summed E-state index contributed by atoms with van der Waals surface area (Å²) < 4.78 is 1.71. The Kier molecular flexibility index (Phi) is 4.96. The van der Waals surface area contributed by atoms with Crippen LogP contribution in [0.1, 0.15) is 10.4 Å². The van der Waals surface area contributed by atoms with Crippen molar-refractivity contribution in [3.8, 4) is 11.1 Å². The zero-order valence-corrected chi connectivity index (χ0v) is 18.8. The number of nitrogens with one attached hydrogen (secondary N) is 2. The van der Waals surface area contributed by atoms with Crippen LogP contribution in [-0.4, -0.2) is 68.6 Å². The van der Waals surface area contributed by atoms with Gasteiger partial charge in [-0.1, -0.05) is 0 Å². The highest BCUT2D eigenvalue weighted by atomic mass is 16.1. The summed E-state index contributed by atoms with van der Waals surface area (Å²) in [5.41, 5.74) is 5.88. The summed E-state index contributed by atoms with van der Waals surface area (Å²) in [6.07, 6.45) is 10.7. The molecule has 1 fully saturated rings. The van der Waals surface area contributed by atoms with Crippen molar-refractivity contribution >= 4 is 33.8 Å². The number of carbonyl (C=O) groups excluding carboxylic acids is 1. The van der Waals surface area contributed by atoms with Crippen molar-refractivity contribution in [2.24, 2.45) is 0 Å². The van der Waals surface area contributed by atoms with Crippen LogP contribution in [0.3, 0.4) is 0 Å². The minimum atomic E-state index is -0.224. The maximum absolute atomic E-state index is 12.9. The number of fused-ring (bicyclic) bond motifs is 2. The number of pyridine rings is 3. The summed E-state index contributed by atoms with van der Waals surface area (Å²) in [5.74, 6) is -0.224. The lowest BCUT2D eigenvalue weighted by Gasteiger charge is -2.33. The minimum absolute atomic E-state index is 0.224. The summed E-state index contributed by atoms with van der Waals surface area (Å²) in [6.45, 7) is 4.06. The van der Waals surface area contributed by atoms with Crippen LogP contribution in [0.25, 0.3) is 27.7 Å². The summed E-state index contributed by atoms with van der Waals surface area (Å²) in [5, 5.41) is 8.30. The first kappa shape index (κ1) is 20.4. The number of hydrogen-bond donors (Lipinski definition) is 2. The zero-order chi connectivity index (χ0) is 23.1. The number of rotatable bonds is 4. The molecule has 5 aromatic rings. The smallest absolute Gasteiger partial charge is 0.259 e. The van der Waals surface area contributed by atoms with E-state index < -0.39 is 0 Å². The Balaban J connectivity index is 1.36. The van der Waals surface area contributed by atoms with E-state index in [2.05, 4.69) is 48.3 Å². The van der Waals surface area contributed by atoms with Gasteiger partial charge in [-0.05, 0) is 42.9 Å². The molecule has 0 radical (unpaired) electrons. The highest BCUT2D eigenvalue weighted by molar-refractivity contribution is 6.09. The van der Waals surface area contributed by atoms with Crippen LogP contribution in [0, 0.1) is 0 Å². The zero-order valence-electron chi connectivity index (χ0n) is 18.8. The van der Waals surface area contributed by atoms with Crippen molar-refractivity contribution in [3.05, 3.63) is 73.1 Å². The number of aromatic nitrogens is 5. The van der Waals surface area contributed by atoms with Crippen LogP contribution in [-0.2, 0) is 0 Å². The standard InChI is InChI=1S/C25H24N8O/c1-31-7-9-32(10-8-31)19-12-20-21(15-28-24(20)27-14-19)17-4-6-33-23(11-17)22(16-29-33)25(34)30-18-3-2-5-26-13-18/h2-6,11-16H,7-10H2,1H3,(H,27,28)(H,30,34). The molecule has 0 atom stereocenters. The van der Waals surface area contributed by atoms with Gasteiger partial charge in [-0.25, -0.2) is 9.50 Å². The van der Waals surface area contributed by atoms with E-state index in [9.17, 15) is 4.79 Å². The van der Waals surface area contributed by atoms with Crippen LogP contribution < -0.4 is 10.2 Å². The Morgan fingerprint density at radius 1 is 1.09 bits per heavy atom. The Morgan fingerprint density at radius 3 is 2.79 bits per heavy atom. The van der Waals surface area contributed by atoms with E-state index in [-0.39, 0.29) is 5.91 Å². The van der Waals surface area contributed by atoms with Crippen molar-refractivity contribution in [1.82, 2.24) is 29.5 Å². The predicted octanol–water partition coefficient (Wildman–Crippen LogP) is 3.28. The second-order valence-electron chi connectivity index (χ2n) is 8.58. The van der Waals surface area contributed by atoms with Crippen molar-refractivity contribution in [2.75, 3.05) is 43.4 Å². The van der Waals surface area contributed by atoms with Crippen molar-refractivity contribution < 1.29 is 4.79 Å². The minimum Gasteiger partial charge on any atom is -0.368 e. The van der Waals surface area contributed by atoms with Crippen LogP contribution >= 0.6 is 0 Å². The van der Waals surface area contributed by atoms with Crippen LogP contribution in [0.15, 0.2) is 67.5 Å². The van der Waals surface area contributed by atoms with Gasteiger partial charge in [0.05, 0.1) is 41.0 Å². The fourth-order valence-corrected chi connectivity index (χ4v) is 4.43. The molecular formula is C25H24N8O. The first-order chi connectivity index (χ1) is 16.7. The van der Waals surface area contributed by atoms with Crippen LogP contribution in [0.4, 0.5) is 11.4 Å². The number of hydrogen-bond acceptors (Lipinski definition) is 6. The van der Waals surface area contributed by atoms with Gasteiger partial charge < -0.3 is 20.1 Å². The number of H-pyrrole nitrogens is 1. The predicted molar refractivity (Wildman–Crippen MR) is 132 cm³/mol. The summed E-state index contributed by atoms with van der Waals surface area (Å²) in [4.78, 5) is 29.7. The SMILES string of the molecule is CN1CCN(c2cnc3[nH]cc(-c4ccn5ncc(C(=O)Nc6cccnc6)c5c4)c3c2)CC1. The van der Waals surface area contributed by atoms with Gasteiger partial charge >= 0.3 is 0 Å². The molecule has 34 heavy (non-hydrogen) atoms. The van der Waals surface area contributed by atoms with E-state index in [4.69, 9.17) is 0 Å². The largest absolute Gasteiger partial charge is 0.368 e. The molecule has 2 N–H and O–H groups in total. The molecule has 0 aromatic carbocycles. The lowest BCUT2D eigenvalue weighted by atomic mass is 10.1. The maximum Gasteiger partial charge on any atom is 0.259 e. The first-order valence-corrected chi connectivity index (χ1v) is 11.3. The van der Waals surface area contributed by atoms with Crippen LogP contribution in [0.2, 0.25) is 0 Å². The molecule has 1 aliphatic rings. The fraction of sp³-hybridized carbons (Fsp3) is 0.200. The van der Waals surface area contributed by atoms with Gasteiger partial charge in [0.1, 0.15) is 5.65 Å².